The topological polar surface area (TPSA) is 81.4 Å². The Balaban J connectivity index is 1.40. The standard InChI is InChI=1S/C21H21N5O2S/c1-3-4-13-28-18-11-7-15(8-12-18)19(27)22-17-9-5-16(6-10-17)20-25-26-14(2)23-24-21(26)29-20/h5-12H,3-4,13H2,1-2H3,(H,22,27). The Morgan fingerprint density at radius 2 is 1.86 bits per heavy atom. The summed E-state index contributed by atoms with van der Waals surface area (Å²) in [7, 11) is 0. The second-order valence-corrected chi connectivity index (χ2v) is 7.56. The molecule has 2 aromatic carbocycles. The van der Waals surface area contributed by atoms with Crippen molar-refractivity contribution >= 4 is 27.9 Å². The minimum Gasteiger partial charge on any atom is -0.494 e. The first kappa shape index (κ1) is 19.1. The summed E-state index contributed by atoms with van der Waals surface area (Å²) >= 11 is 1.48. The number of nitrogens with one attached hydrogen (secondary N) is 1. The Labute approximate surface area is 172 Å². The van der Waals surface area contributed by atoms with E-state index in [1.165, 1.54) is 11.3 Å². The maximum absolute atomic E-state index is 12.5. The zero-order chi connectivity index (χ0) is 20.2. The average Bonchev–Trinajstić information content (AvgIpc) is 3.31. The molecule has 148 valence electrons. The number of benzene rings is 2. The quantitative estimate of drug-likeness (QED) is 0.453. The van der Waals surface area contributed by atoms with Gasteiger partial charge in [-0.3, -0.25) is 4.79 Å². The summed E-state index contributed by atoms with van der Waals surface area (Å²) in [6.07, 6.45) is 2.11. The summed E-state index contributed by atoms with van der Waals surface area (Å²) in [6.45, 7) is 4.68. The van der Waals surface area contributed by atoms with E-state index >= 15 is 0 Å². The molecule has 1 amide bonds. The lowest BCUT2D eigenvalue weighted by Crippen LogP contribution is -2.11. The number of ether oxygens (including phenoxy) is 1. The van der Waals surface area contributed by atoms with Gasteiger partial charge in [0.05, 0.1) is 6.61 Å². The first-order valence-corrected chi connectivity index (χ1v) is 10.3. The zero-order valence-corrected chi connectivity index (χ0v) is 17.1. The number of anilines is 1. The number of hydrogen-bond acceptors (Lipinski definition) is 6. The van der Waals surface area contributed by atoms with Crippen LogP contribution in [0.4, 0.5) is 5.69 Å². The summed E-state index contributed by atoms with van der Waals surface area (Å²) in [4.78, 5) is 13.2. The summed E-state index contributed by atoms with van der Waals surface area (Å²) in [5.41, 5.74) is 2.27. The van der Waals surface area contributed by atoms with Gasteiger partial charge in [-0.2, -0.15) is 9.61 Å². The number of fused-ring (bicyclic) bond motifs is 1. The third kappa shape index (κ3) is 4.27. The highest BCUT2D eigenvalue weighted by molar-refractivity contribution is 7.19. The van der Waals surface area contributed by atoms with E-state index in [4.69, 9.17) is 4.74 Å². The Kier molecular flexibility index (Phi) is 5.53. The van der Waals surface area contributed by atoms with E-state index in [1.54, 1.807) is 16.6 Å². The van der Waals surface area contributed by atoms with E-state index in [9.17, 15) is 4.79 Å². The predicted octanol–water partition coefficient (Wildman–Crippen LogP) is 4.59. The van der Waals surface area contributed by atoms with Crippen LogP contribution in [0.15, 0.2) is 48.5 Å². The van der Waals surface area contributed by atoms with E-state index in [0.717, 1.165) is 45.6 Å². The normalized spacial score (nSPS) is 11.0. The molecule has 1 N–H and O–H groups in total. The third-order valence-electron chi connectivity index (χ3n) is 4.42. The van der Waals surface area contributed by atoms with Crippen molar-refractivity contribution in [2.24, 2.45) is 0 Å². The molecule has 4 aromatic rings. The lowest BCUT2D eigenvalue weighted by atomic mass is 10.2. The van der Waals surface area contributed by atoms with Crippen molar-refractivity contribution in [3.8, 4) is 16.3 Å². The Bertz CT molecular complexity index is 1120. The second kappa shape index (κ2) is 8.40. The molecule has 4 rings (SSSR count). The maximum Gasteiger partial charge on any atom is 0.255 e. The molecule has 0 unspecified atom stereocenters. The average molecular weight is 407 g/mol. The number of unbranched alkanes of at least 4 members (excludes halogenated alkanes) is 1. The molecule has 7 nitrogen and oxygen atoms in total. The lowest BCUT2D eigenvalue weighted by molar-refractivity contribution is 0.102. The summed E-state index contributed by atoms with van der Waals surface area (Å²) in [5.74, 6) is 1.38. The van der Waals surface area contributed by atoms with Gasteiger partial charge in [-0.05, 0) is 61.9 Å². The van der Waals surface area contributed by atoms with Crippen LogP contribution in [0.2, 0.25) is 0 Å². The maximum atomic E-state index is 12.5. The molecule has 29 heavy (non-hydrogen) atoms. The van der Waals surface area contributed by atoms with Gasteiger partial charge in [-0.15, -0.1) is 10.2 Å². The first-order valence-electron chi connectivity index (χ1n) is 9.47. The highest BCUT2D eigenvalue weighted by atomic mass is 32.1. The van der Waals surface area contributed by atoms with Crippen molar-refractivity contribution < 1.29 is 9.53 Å². The molecule has 0 fully saturated rings. The van der Waals surface area contributed by atoms with Gasteiger partial charge in [-0.1, -0.05) is 24.7 Å². The fraction of sp³-hybridized carbons (Fsp3) is 0.238. The highest BCUT2D eigenvalue weighted by Gasteiger charge is 2.11. The molecule has 0 aliphatic heterocycles. The van der Waals surface area contributed by atoms with Crippen LogP contribution in [0.1, 0.15) is 35.9 Å². The van der Waals surface area contributed by atoms with Crippen LogP contribution in [-0.4, -0.2) is 32.3 Å². The number of carbonyl (C=O) groups excluding carboxylic acids is 1. The summed E-state index contributed by atoms with van der Waals surface area (Å²) < 4.78 is 7.36. The van der Waals surface area contributed by atoms with Crippen LogP contribution in [-0.2, 0) is 0 Å². The molecule has 0 spiro atoms. The van der Waals surface area contributed by atoms with Crippen LogP contribution < -0.4 is 10.1 Å². The molecule has 8 heteroatoms. The van der Waals surface area contributed by atoms with Crippen molar-refractivity contribution in [1.29, 1.82) is 0 Å². The van der Waals surface area contributed by atoms with Crippen molar-refractivity contribution in [3.63, 3.8) is 0 Å². The summed E-state index contributed by atoms with van der Waals surface area (Å²) in [5, 5.41) is 16.4. The largest absolute Gasteiger partial charge is 0.494 e. The minimum atomic E-state index is -0.160. The van der Waals surface area contributed by atoms with Gasteiger partial charge < -0.3 is 10.1 Å². The molecule has 0 saturated carbocycles. The molecule has 0 aliphatic carbocycles. The van der Waals surface area contributed by atoms with Crippen LogP contribution in [0, 0.1) is 6.92 Å². The monoisotopic (exact) mass is 407 g/mol. The number of rotatable bonds is 7. The van der Waals surface area contributed by atoms with Crippen molar-refractivity contribution in [3.05, 3.63) is 59.9 Å². The molecule has 0 radical (unpaired) electrons. The fourth-order valence-corrected chi connectivity index (χ4v) is 3.66. The SMILES string of the molecule is CCCCOc1ccc(C(=O)Nc2ccc(-c3nn4c(C)nnc4s3)cc2)cc1. The van der Waals surface area contributed by atoms with Crippen LogP contribution in [0.5, 0.6) is 5.75 Å². The number of nitrogens with zero attached hydrogens (tertiary/aromatic N) is 4. The van der Waals surface area contributed by atoms with Gasteiger partial charge in [0.1, 0.15) is 10.8 Å². The molecule has 2 aromatic heterocycles. The molecular formula is C21H21N5O2S. The molecule has 0 bridgehead atoms. The lowest BCUT2D eigenvalue weighted by Gasteiger charge is -2.08. The molecular weight excluding hydrogens is 386 g/mol. The van der Waals surface area contributed by atoms with Crippen LogP contribution in [0.25, 0.3) is 15.5 Å². The Morgan fingerprint density at radius 3 is 2.55 bits per heavy atom. The van der Waals surface area contributed by atoms with Crippen molar-refractivity contribution in [2.45, 2.75) is 26.7 Å². The van der Waals surface area contributed by atoms with Gasteiger partial charge in [0.2, 0.25) is 4.96 Å². The molecule has 0 saturated heterocycles. The number of hydrogen-bond donors (Lipinski definition) is 1. The van der Waals surface area contributed by atoms with E-state index in [2.05, 4.69) is 27.5 Å². The Morgan fingerprint density at radius 1 is 1.10 bits per heavy atom. The van der Waals surface area contributed by atoms with Crippen LogP contribution in [0.3, 0.4) is 0 Å². The van der Waals surface area contributed by atoms with Gasteiger partial charge in [0, 0.05) is 16.8 Å². The summed E-state index contributed by atoms with van der Waals surface area (Å²) in [6, 6.07) is 14.8. The van der Waals surface area contributed by atoms with Crippen LogP contribution >= 0.6 is 11.3 Å². The molecule has 0 aliphatic rings. The first-order chi connectivity index (χ1) is 14.1. The zero-order valence-electron chi connectivity index (χ0n) is 16.3. The second-order valence-electron chi connectivity index (χ2n) is 6.61. The van der Waals surface area contributed by atoms with E-state index < -0.39 is 0 Å². The predicted molar refractivity (Wildman–Crippen MR) is 114 cm³/mol. The number of amides is 1. The van der Waals surface area contributed by atoms with Gasteiger partial charge in [0.25, 0.3) is 5.91 Å². The molecule has 0 atom stereocenters. The Hall–Kier alpha value is -3.26. The van der Waals surface area contributed by atoms with Gasteiger partial charge >= 0.3 is 0 Å². The minimum absolute atomic E-state index is 0.160. The van der Waals surface area contributed by atoms with E-state index in [0.29, 0.717) is 12.2 Å². The van der Waals surface area contributed by atoms with Crippen molar-refractivity contribution in [1.82, 2.24) is 19.8 Å². The van der Waals surface area contributed by atoms with Crippen molar-refractivity contribution in [2.75, 3.05) is 11.9 Å². The number of carbonyl (C=O) groups is 1. The smallest absolute Gasteiger partial charge is 0.255 e. The van der Waals surface area contributed by atoms with Gasteiger partial charge in [0.15, 0.2) is 5.82 Å². The highest BCUT2D eigenvalue weighted by Crippen LogP contribution is 2.26. The number of aromatic nitrogens is 4. The van der Waals surface area contributed by atoms with E-state index in [-0.39, 0.29) is 5.91 Å². The fourth-order valence-electron chi connectivity index (χ4n) is 2.77. The third-order valence-corrected chi connectivity index (χ3v) is 5.37. The molecule has 2 heterocycles. The van der Waals surface area contributed by atoms with E-state index in [1.807, 2.05) is 43.3 Å². The van der Waals surface area contributed by atoms with Gasteiger partial charge in [-0.25, -0.2) is 0 Å². The number of aryl methyl sites for hydroxylation is 1.